The van der Waals surface area contributed by atoms with Crippen LogP contribution in [0.4, 0.5) is 5.82 Å². The molecule has 8 nitrogen and oxygen atoms in total. The summed E-state index contributed by atoms with van der Waals surface area (Å²) in [6, 6.07) is 0. The Balaban J connectivity index is 2.32. The highest BCUT2D eigenvalue weighted by atomic mass is 32.2. The van der Waals surface area contributed by atoms with Gasteiger partial charge >= 0.3 is 0 Å². The van der Waals surface area contributed by atoms with E-state index >= 15 is 0 Å². The Morgan fingerprint density at radius 2 is 2.21 bits per heavy atom. The Morgan fingerprint density at radius 1 is 1.53 bits per heavy atom. The molecule has 102 valence electrons. The molecule has 0 atom stereocenters. The zero-order valence-electron chi connectivity index (χ0n) is 10.1. The topological polar surface area (TPSA) is 120 Å². The molecule has 0 saturated carbocycles. The van der Waals surface area contributed by atoms with Gasteiger partial charge in [-0.1, -0.05) is 0 Å². The Morgan fingerprint density at radius 3 is 2.74 bits per heavy atom. The smallest absolute Gasteiger partial charge is 0.268 e. The normalized spacial score (nSPS) is 11.5. The van der Waals surface area contributed by atoms with Gasteiger partial charge in [-0.05, 0) is 6.92 Å². The summed E-state index contributed by atoms with van der Waals surface area (Å²) < 4.78 is 24.0. The van der Waals surface area contributed by atoms with Gasteiger partial charge in [0, 0.05) is 13.2 Å². The van der Waals surface area contributed by atoms with E-state index in [9.17, 15) is 13.2 Å². The van der Waals surface area contributed by atoms with E-state index in [2.05, 4.69) is 15.4 Å². The number of hydrogen-bond acceptors (Lipinski definition) is 6. The van der Waals surface area contributed by atoms with Crippen LogP contribution >= 0.6 is 11.3 Å². The molecule has 2 rings (SSSR count). The lowest BCUT2D eigenvalue weighted by Crippen LogP contribution is -2.17. The van der Waals surface area contributed by atoms with Gasteiger partial charge < -0.3 is 5.32 Å². The molecule has 0 unspecified atom stereocenters. The number of amides is 1. The molecule has 3 N–H and O–H groups in total. The standard InChI is InChI=1S/C9H11N5O3S2/c1-5-11-3-6(18-5)9(15)12-8-7(19(10,16)17)4-14(2)13-8/h3-4H,1-2H3,(H2,10,16,17)(H,12,13,15). The molecule has 1 amide bonds. The molecular weight excluding hydrogens is 290 g/mol. The van der Waals surface area contributed by atoms with E-state index in [1.165, 1.54) is 35.5 Å². The number of nitrogens with zero attached hydrogens (tertiary/aromatic N) is 3. The first-order valence-corrected chi connectivity index (χ1v) is 7.44. The summed E-state index contributed by atoms with van der Waals surface area (Å²) in [5, 5.41) is 12.0. The van der Waals surface area contributed by atoms with Crippen LogP contribution in [-0.2, 0) is 17.1 Å². The Kier molecular flexibility index (Phi) is 3.39. The van der Waals surface area contributed by atoms with Gasteiger partial charge in [-0.15, -0.1) is 11.3 Å². The van der Waals surface area contributed by atoms with Crippen molar-refractivity contribution in [2.24, 2.45) is 12.2 Å². The van der Waals surface area contributed by atoms with Gasteiger partial charge in [0.2, 0.25) is 10.0 Å². The number of thiazole rings is 1. The average Bonchev–Trinajstić information content (AvgIpc) is 2.84. The molecule has 0 fully saturated rings. The van der Waals surface area contributed by atoms with Crippen LogP contribution in [-0.4, -0.2) is 29.1 Å². The summed E-state index contributed by atoms with van der Waals surface area (Å²) in [6.45, 7) is 1.76. The maximum Gasteiger partial charge on any atom is 0.268 e. The maximum atomic E-state index is 11.9. The number of hydrogen-bond donors (Lipinski definition) is 2. The molecule has 0 bridgehead atoms. The summed E-state index contributed by atoms with van der Waals surface area (Å²) in [6.07, 6.45) is 2.64. The second kappa shape index (κ2) is 4.72. The number of sulfonamides is 1. The molecule has 2 aromatic heterocycles. The van der Waals surface area contributed by atoms with Gasteiger partial charge in [-0.2, -0.15) is 5.10 Å². The van der Waals surface area contributed by atoms with Gasteiger partial charge in [0.15, 0.2) is 5.82 Å². The molecule has 0 aliphatic heterocycles. The van der Waals surface area contributed by atoms with Crippen molar-refractivity contribution < 1.29 is 13.2 Å². The van der Waals surface area contributed by atoms with E-state index in [0.29, 0.717) is 4.88 Å². The predicted octanol–water partition coefficient (Wildman–Crippen LogP) is 0.0847. The van der Waals surface area contributed by atoms with Crippen LogP contribution in [0.25, 0.3) is 0 Å². The first kappa shape index (κ1) is 13.6. The molecule has 0 aromatic carbocycles. The number of aromatic nitrogens is 3. The zero-order chi connectivity index (χ0) is 14.2. The fourth-order valence-electron chi connectivity index (χ4n) is 1.40. The van der Waals surface area contributed by atoms with Crippen LogP contribution in [0, 0.1) is 6.92 Å². The van der Waals surface area contributed by atoms with Crippen molar-refractivity contribution in [2.75, 3.05) is 5.32 Å². The molecule has 0 radical (unpaired) electrons. The number of nitrogens with one attached hydrogen (secondary N) is 1. The van der Waals surface area contributed by atoms with Crippen molar-refractivity contribution in [3.63, 3.8) is 0 Å². The first-order chi connectivity index (χ1) is 8.77. The number of aryl methyl sites for hydroxylation is 2. The largest absolute Gasteiger partial charge is 0.303 e. The summed E-state index contributed by atoms with van der Waals surface area (Å²) in [5.41, 5.74) is 0. The van der Waals surface area contributed by atoms with Crippen LogP contribution < -0.4 is 10.5 Å². The van der Waals surface area contributed by atoms with Crippen LogP contribution in [0.3, 0.4) is 0 Å². The Labute approximate surface area is 113 Å². The van der Waals surface area contributed by atoms with Crippen molar-refractivity contribution >= 4 is 33.1 Å². The van der Waals surface area contributed by atoms with Gasteiger partial charge in [0.25, 0.3) is 5.91 Å². The zero-order valence-corrected chi connectivity index (χ0v) is 11.7. The van der Waals surface area contributed by atoms with Crippen LogP contribution in [0.15, 0.2) is 17.3 Å². The highest BCUT2D eigenvalue weighted by molar-refractivity contribution is 7.89. The number of anilines is 1. The fourth-order valence-corrected chi connectivity index (χ4v) is 2.73. The highest BCUT2D eigenvalue weighted by Crippen LogP contribution is 2.19. The fraction of sp³-hybridized carbons (Fsp3) is 0.222. The van der Waals surface area contributed by atoms with E-state index in [0.717, 1.165) is 5.01 Å². The van der Waals surface area contributed by atoms with Crippen LogP contribution in [0.2, 0.25) is 0 Å². The number of carbonyl (C=O) groups is 1. The molecule has 19 heavy (non-hydrogen) atoms. The first-order valence-electron chi connectivity index (χ1n) is 5.07. The minimum atomic E-state index is -3.95. The van der Waals surface area contributed by atoms with E-state index < -0.39 is 15.9 Å². The molecule has 0 aliphatic rings. The third kappa shape index (κ3) is 2.97. The monoisotopic (exact) mass is 301 g/mol. The van der Waals surface area contributed by atoms with Crippen molar-refractivity contribution in [1.29, 1.82) is 0 Å². The second-order valence-corrected chi connectivity index (χ2v) is 6.52. The van der Waals surface area contributed by atoms with E-state index in [1.54, 1.807) is 6.92 Å². The quantitative estimate of drug-likeness (QED) is 0.832. The molecule has 0 aliphatic carbocycles. The summed E-state index contributed by atoms with van der Waals surface area (Å²) in [4.78, 5) is 16.0. The van der Waals surface area contributed by atoms with E-state index in [1.807, 2.05) is 0 Å². The number of carbonyl (C=O) groups excluding carboxylic acids is 1. The van der Waals surface area contributed by atoms with E-state index in [4.69, 9.17) is 5.14 Å². The Hall–Kier alpha value is -1.78. The van der Waals surface area contributed by atoms with Gasteiger partial charge in [0.1, 0.15) is 9.77 Å². The van der Waals surface area contributed by atoms with Crippen LogP contribution in [0.5, 0.6) is 0 Å². The van der Waals surface area contributed by atoms with E-state index in [-0.39, 0.29) is 10.7 Å². The lowest BCUT2D eigenvalue weighted by Gasteiger charge is -2.01. The molecule has 2 heterocycles. The molecular formula is C9H11N5O3S2. The Bertz CT molecular complexity index is 731. The lowest BCUT2D eigenvalue weighted by atomic mass is 10.5. The minimum absolute atomic E-state index is 0.0962. The van der Waals surface area contributed by atoms with Crippen LogP contribution in [0.1, 0.15) is 14.7 Å². The predicted molar refractivity (Wildman–Crippen MR) is 69.4 cm³/mol. The van der Waals surface area contributed by atoms with Gasteiger partial charge in [-0.3, -0.25) is 9.48 Å². The average molecular weight is 301 g/mol. The minimum Gasteiger partial charge on any atom is -0.303 e. The second-order valence-electron chi connectivity index (χ2n) is 3.76. The summed E-state index contributed by atoms with van der Waals surface area (Å²) in [5.74, 6) is -0.574. The summed E-state index contributed by atoms with van der Waals surface area (Å²) >= 11 is 1.20. The number of rotatable bonds is 3. The third-order valence-electron chi connectivity index (χ3n) is 2.18. The maximum absolute atomic E-state index is 11.9. The molecule has 2 aromatic rings. The summed E-state index contributed by atoms with van der Waals surface area (Å²) in [7, 11) is -2.42. The lowest BCUT2D eigenvalue weighted by molar-refractivity contribution is 0.102. The molecule has 0 spiro atoms. The van der Waals surface area contributed by atoms with Gasteiger partial charge in [-0.25, -0.2) is 18.5 Å². The number of nitrogens with two attached hydrogens (primary N) is 1. The highest BCUT2D eigenvalue weighted by Gasteiger charge is 2.21. The molecule has 10 heteroatoms. The van der Waals surface area contributed by atoms with Crippen molar-refractivity contribution in [1.82, 2.24) is 14.8 Å². The van der Waals surface area contributed by atoms with Crippen molar-refractivity contribution in [3.8, 4) is 0 Å². The third-order valence-corrected chi connectivity index (χ3v) is 4.00. The van der Waals surface area contributed by atoms with Gasteiger partial charge in [0.05, 0.1) is 11.2 Å². The SMILES string of the molecule is Cc1ncc(C(=O)Nc2nn(C)cc2S(N)(=O)=O)s1. The number of primary sulfonamides is 1. The molecule has 0 saturated heterocycles. The van der Waals surface area contributed by atoms with Crippen molar-refractivity contribution in [2.45, 2.75) is 11.8 Å². The van der Waals surface area contributed by atoms with Crippen molar-refractivity contribution in [3.05, 3.63) is 22.3 Å².